The first-order valence-electron chi connectivity index (χ1n) is 8.33. The van der Waals surface area contributed by atoms with Crippen LogP contribution in [-0.4, -0.2) is 13.0 Å². The second-order valence-corrected chi connectivity index (χ2v) is 27.1. The van der Waals surface area contributed by atoms with E-state index in [2.05, 4.69) is 69.8 Å². The molecule has 0 amide bonds. The Kier molecular flexibility index (Phi) is 7.13. The minimum atomic E-state index is -2.36. The first kappa shape index (κ1) is 21.4. The number of hydrogen-bond donors (Lipinski definition) is 0. The van der Waals surface area contributed by atoms with Gasteiger partial charge in [-0.1, -0.05) is 0 Å². The zero-order chi connectivity index (χ0) is 16.8. The van der Waals surface area contributed by atoms with E-state index in [0.717, 1.165) is 0 Å². The predicted molar refractivity (Wildman–Crippen MR) is 104 cm³/mol. The minimum Gasteiger partial charge on any atom is -0.147 e. The van der Waals surface area contributed by atoms with E-state index in [9.17, 15) is 0 Å². The molecule has 23 heavy (non-hydrogen) atoms. The van der Waals surface area contributed by atoms with Gasteiger partial charge in [-0.2, -0.15) is 0 Å². The normalized spacial score (nSPS) is 26.3. The van der Waals surface area contributed by atoms with Gasteiger partial charge >= 0.3 is 143 Å². The summed E-state index contributed by atoms with van der Waals surface area (Å²) in [5, 5.41) is 0. The molecular formula is C19H32ClOSiZr. The molecular weight excluding hydrogens is 399 g/mol. The monoisotopic (exact) mass is 429 g/mol. The Bertz CT molecular complexity index is 617. The van der Waals surface area contributed by atoms with Crippen LogP contribution < -0.4 is 0 Å². The van der Waals surface area contributed by atoms with Crippen LogP contribution in [0.5, 0.6) is 0 Å². The third kappa shape index (κ3) is 4.48. The molecule has 129 valence electrons. The van der Waals surface area contributed by atoms with E-state index in [1.165, 1.54) is 33.4 Å². The maximum absolute atomic E-state index is 6.82. The van der Waals surface area contributed by atoms with E-state index >= 15 is 0 Å². The van der Waals surface area contributed by atoms with Gasteiger partial charge in [0.2, 0.25) is 0 Å². The van der Waals surface area contributed by atoms with Crippen molar-refractivity contribution < 1.29 is 22.1 Å². The fraction of sp³-hybridized carbons (Fsp3) is 0.579. The summed E-state index contributed by atoms with van der Waals surface area (Å²) in [6.45, 7) is 15.8. The summed E-state index contributed by atoms with van der Waals surface area (Å²) < 4.78 is 11.6. The van der Waals surface area contributed by atoms with Crippen LogP contribution >= 0.6 is 12.4 Å². The Labute approximate surface area is 155 Å². The van der Waals surface area contributed by atoms with E-state index in [1.807, 2.05) is 0 Å². The smallest absolute Gasteiger partial charge is 0.147 e. The van der Waals surface area contributed by atoms with Gasteiger partial charge in [0.05, 0.1) is 0 Å². The Balaban J connectivity index is 0.00000264. The average Bonchev–Trinajstić information content (AvgIpc) is 2.74. The molecule has 2 rings (SSSR count). The third-order valence-corrected chi connectivity index (χ3v) is 8.23. The van der Waals surface area contributed by atoms with Gasteiger partial charge in [-0.25, -0.2) is 0 Å². The summed E-state index contributed by atoms with van der Waals surface area (Å²) >= 11 is -2.36. The predicted octanol–water partition coefficient (Wildman–Crippen LogP) is 5.33. The van der Waals surface area contributed by atoms with Crippen LogP contribution in [0.3, 0.4) is 0 Å². The van der Waals surface area contributed by atoms with Crippen molar-refractivity contribution >= 4 is 19.3 Å². The van der Waals surface area contributed by atoms with Crippen LogP contribution in [0, 0.1) is 11.8 Å². The molecule has 1 nitrogen and oxygen atoms in total. The fourth-order valence-electron chi connectivity index (χ4n) is 3.75. The topological polar surface area (TPSA) is 9.23 Å². The van der Waals surface area contributed by atoms with Gasteiger partial charge in [0.25, 0.3) is 0 Å². The summed E-state index contributed by atoms with van der Waals surface area (Å²) in [5.74, 6) is 1.02. The first-order chi connectivity index (χ1) is 10.0. The van der Waals surface area contributed by atoms with Crippen molar-refractivity contribution in [3.63, 3.8) is 0 Å². The van der Waals surface area contributed by atoms with Crippen molar-refractivity contribution in [3.8, 4) is 0 Å². The second-order valence-electron chi connectivity index (χ2n) is 7.75. The van der Waals surface area contributed by atoms with Gasteiger partial charge in [-0.05, 0) is 0 Å². The van der Waals surface area contributed by atoms with Crippen molar-refractivity contribution in [1.29, 1.82) is 0 Å². The Morgan fingerprint density at radius 3 is 1.48 bits per heavy atom. The number of rotatable bonds is 4. The van der Waals surface area contributed by atoms with Gasteiger partial charge in [-0.3, -0.25) is 0 Å². The van der Waals surface area contributed by atoms with E-state index in [4.69, 9.17) is 2.81 Å². The molecule has 0 saturated carbocycles. The van der Waals surface area contributed by atoms with Crippen LogP contribution in [0.15, 0.2) is 45.6 Å². The zero-order valence-electron chi connectivity index (χ0n) is 15.9. The molecule has 0 fully saturated rings. The molecule has 0 aromatic rings. The second kappa shape index (κ2) is 7.68. The first-order valence-corrected chi connectivity index (χ1v) is 20.2. The summed E-state index contributed by atoms with van der Waals surface area (Å²) in [5.41, 5.74) is 8.82. The van der Waals surface area contributed by atoms with E-state index in [0.29, 0.717) is 11.8 Å². The molecule has 2 unspecified atom stereocenters. The zero-order valence-corrected chi connectivity index (χ0v) is 20.6. The van der Waals surface area contributed by atoms with Crippen molar-refractivity contribution in [2.24, 2.45) is 11.8 Å². The molecule has 2 aliphatic carbocycles. The van der Waals surface area contributed by atoms with Gasteiger partial charge in [0.15, 0.2) is 0 Å². The van der Waals surface area contributed by atoms with E-state index < -0.39 is 19.3 Å². The SMILES string of the molecule is CC1=CC(C)=C(C([O][Zr]([CH3])([CH3])=[SiH2])C2=C(C)C=C(C)C2C)C1C.Cl. The summed E-state index contributed by atoms with van der Waals surface area (Å²) in [7, 11) is 0. The maximum atomic E-state index is 6.82. The molecule has 0 aliphatic heterocycles. The van der Waals surface area contributed by atoms with Crippen LogP contribution in [0.25, 0.3) is 0 Å². The fourth-order valence-corrected chi connectivity index (χ4v) is 6.93. The summed E-state index contributed by atoms with van der Waals surface area (Å²) in [6.07, 6.45) is 4.90. The molecule has 0 N–H and O–H groups in total. The molecule has 0 bridgehead atoms. The molecule has 0 heterocycles. The average molecular weight is 431 g/mol. The molecule has 2 aliphatic rings. The van der Waals surface area contributed by atoms with Gasteiger partial charge in [0.1, 0.15) is 0 Å². The van der Waals surface area contributed by atoms with Gasteiger partial charge in [-0.15, -0.1) is 12.4 Å². The van der Waals surface area contributed by atoms with Gasteiger partial charge < -0.3 is 0 Å². The molecule has 0 saturated heterocycles. The standard InChI is InChI=1S/C17H23O.2CH3.ClH.H2Si.Zr/c1-9-7-11(3)15(13(9)5)17(18)16-12(4)8-10(2)14(16)6;;;;;/h7-8,13-14,17H,1-6H3;2*1H3;1H;1H2;/q-1;;;;;+1. The largest absolute Gasteiger partial charge is 0.147 e. The number of halogens is 1. The Morgan fingerprint density at radius 2 is 1.26 bits per heavy atom. The summed E-state index contributed by atoms with van der Waals surface area (Å²) in [4.78, 5) is 0. The van der Waals surface area contributed by atoms with Crippen LogP contribution in [0.2, 0.25) is 9.26 Å². The van der Waals surface area contributed by atoms with Crippen molar-refractivity contribution in [2.45, 2.75) is 56.9 Å². The van der Waals surface area contributed by atoms with Gasteiger partial charge in [0, 0.05) is 0 Å². The van der Waals surface area contributed by atoms with E-state index in [1.54, 1.807) is 0 Å². The Hall–Kier alpha value is 0.310. The molecule has 0 aromatic carbocycles. The molecule has 0 spiro atoms. The third-order valence-electron chi connectivity index (χ3n) is 5.10. The number of hydrogen-bond acceptors (Lipinski definition) is 1. The van der Waals surface area contributed by atoms with Crippen molar-refractivity contribution in [1.82, 2.24) is 0 Å². The van der Waals surface area contributed by atoms with Crippen LogP contribution in [0.4, 0.5) is 0 Å². The van der Waals surface area contributed by atoms with Crippen LogP contribution in [-0.2, 0) is 22.1 Å². The minimum absolute atomic E-state index is 0. The van der Waals surface area contributed by atoms with Crippen molar-refractivity contribution in [2.75, 3.05) is 0 Å². The Morgan fingerprint density at radius 1 is 0.913 bits per heavy atom. The maximum Gasteiger partial charge on any atom is -0.147 e. The van der Waals surface area contributed by atoms with E-state index in [-0.39, 0.29) is 18.5 Å². The molecule has 2 atom stereocenters. The quantitative estimate of drug-likeness (QED) is 0.547. The molecule has 0 radical (unpaired) electrons. The van der Waals surface area contributed by atoms with Crippen LogP contribution in [0.1, 0.15) is 41.5 Å². The molecule has 0 aromatic heterocycles. The summed E-state index contributed by atoms with van der Waals surface area (Å²) in [6, 6.07) is 0. The van der Waals surface area contributed by atoms with Crippen molar-refractivity contribution in [3.05, 3.63) is 45.6 Å². The number of allylic oxidation sites excluding steroid dienone is 6. The molecule has 4 heteroatoms.